The van der Waals surface area contributed by atoms with Gasteiger partial charge in [-0.3, -0.25) is 4.98 Å². The van der Waals surface area contributed by atoms with E-state index in [4.69, 9.17) is 4.42 Å². The molecule has 86 valence electrons. The average molecular weight is 238 g/mol. The first-order valence-corrected chi connectivity index (χ1v) is 5.96. The van der Waals surface area contributed by atoms with Crippen LogP contribution in [0.4, 0.5) is 0 Å². The van der Waals surface area contributed by atoms with Gasteiger partial charge in [0.05, 0.1) is 5.51 Å². The van der Waals surface area contributed by atoms with Crippen molar-refractivity contribution >= 4 is 11.3 Å². The smallest absolute Gasteiger partial charge is 0.133 e. The lowest BCUT2D eigenvalue weighted by Crippen LogP contribution is -2.20. The normalized spacial score (nSPS) is 12.9. The molecule has 2 rings (SSSR count). The van der Waals surface area contributed by atoms with Gasteiger partial charge in [0, 0.05) is 24.2 Å². The number of hydrogen-bond acceptors (Lipinski definition) is 5. The molecule has 5 heteroatoms. The summed E-state index contributed by atoms with van der Waals surface area (Å²) >= 11 is 1.60. The Morgan fingerprint density at radius 2 is 2.44 bits per heavy atom. The monoisotopic (exact) mass is 238 g/mol. The number of nitrogens with zero attached hydrogens (tertiary/aromatic N) is 1. The van der Waals surface area contributed by atoms with E-state index in [2.05, 4.69) is 10.3 Å². The molecule has 16 heavy (non-hydrogen) atoms. The second-order valence-electron chi connectivity index (χ2n) is 3.56. The number of aliphatic hydroxyl groups excluding tert-OH is 1. The highest BCUT2D eigenvalue weighted by Gasteiger charge is 2.10. The number of thiazole rings is 1. The number of hydrogen-bond donors (Lipinski definition) is 2. The average Bonchev–Trinajstić information content (AvgIpc) is 2.89. The highest BCUT2D eigenvalue weighted by Crippen LogP contribution is 2.15. The number of rotatable bonds is 5. The van der Waals surface area contributed by atoms with Crippen molar-refractivity contribution in [1.82, 2.24) is 10.3 Å². The van der Waals surface area contributed by atoms with E-state index in [1.165, 1.54) is 0 Å². The Kier molecular flexibility index (Phi) is 3.71. The zero-order chi connectivity index (χ0) is 11.4. The summed E-state index contributed by atoms with van der Waals surface area (Å²) in [6, 6.07) is 3.65. The van der Waals surface area contributed by atoms with Gasteiger partial charge >= 0.3 is 0 Å². The maximum atomic E-state index is 9.79. The van der Waals surface area contributed by atoms with Crippen LogP contribution in [0.3, 0.4) is 0 Å². The highest BCUT2D eigenvalue weighted by atomic mass is 32.1. The molecule has 0 fully saturated rings. The lowest BCUT2D eigenvalue weighted by molar-refractivity contribution is 0.146. The molecule has 1 unspecified atom stereocenters. The first kappa shape index (κ1) is 11.3. The van der Waals surface area contributed by atoms with Gasteiger partial charge in [0.1, 0.15) is 17.6 Å². The third-order valence-electron chi connectivity index (χ3n) is 2.21. The molecule has 0 bridgehead atoms. The largest absolute Gasteiger partial charge is 0.464 e. The van der Waals surface area contributed by atoms with Crippen molar-refractivity contribution in [2.24, 2.45) is 0 Å². The number of furan rings is 1. The molecule has 0 saturated carbocycles. The molecule has 2 heterocycles. The van der Waals surface area contributed by atoms with Crippen molar-refractivity contribution < 1.29 is 9.52 Å². The second kappa shape index (κ2) is 5.25. The van der Waals surface area contributed by atoms with Gasteiger partial charge in [-0.15, -0.1) is 11.3 Å². The molecule has 1 atom stereocenters. The van der Waals surface area contributed by atoms with Gasteiger partial charge in [0.2, 0.25) is 0 Å². The van der Waals surface area contributed by atoms with Crippen LogP contribution < -0.4 is 5.32 Å². The zero-order valence-corrected chi connectivity index (χ0v) is 9.83. The molecule has 2 aromatic heterocycles. The number of aromatic nitrogens is 1. The minimum absolute atomic E-state index is 0.477. The molecule has 0 aliphatic rings. The van der Waals surface area contributed by atoms with Crippen LogP contribution in [0.5, 0.6) is 0 Å². The maximum absolute atomic E-state index is 9.79. The topological polar surface area (TPSA) is 58.3 Å². The lowest BCUT2D eigenvalue weighted by atomic mass is 10.2. The molecule has 0 radical (unpaired) electrons. The molecule has 2 N–H and O–H groups in total. The van der Waals surface area contributed by atoms with E-state index in [0.717, 1.165) is 17.2 Å². The van der Waals surface area contributed by atoms with Crippen molar-refractivity contribution in [3.05, 3.63) is 40.2 Å². The van der Waals surface area contributed by atoms with Crippen LogP contribution in [0.15, 0.2) is 28.3 Å². The summed E-state index contributed by atoms with van der Waals surface area (Å²) in [6.07, 6.45) is 1.22. The van der Waals surface area contributed by atoms with Crippen molar-refractivity contribution in [3.63, 3.8) is 0 Å². The molecular weight excluding hydrogens is 224 g/mol. The van der Waals surface area contributed by atoms with Crippen LogP contribution in [-0.4, -0.2) is 16.6 Å². The Balaban J connectivity index is 1.78. The molecule has 2 aromatic rings. The van der Waals surface area contributed by atoms with Crippen LogP contribution in [0, 0.1) is 6.92 Å². The summed E-state index contributed by atoms with van der Waals surface area (Å²) in [5.74, 6) is 1.42. The molecule has 0 saturated heterocycles. The van der Waals surface area contributed by atoms with E-state index in [1.54, 1.807) is 22.9 Å². The van der Waals surface area contributed by atoms with Gasteiger partial charge in [-0.25, -0.2) is 0 Å². The fraction of sp³-hybridized carbons (Fsp3) is 0.364. The lowest BCUT2D eigenvalue weighted by Gasteiger charge is -2.08. The summed E-state index contributed by atoms with van der Waals surface area (Å²) in [4.78, 5) is 5.13. The third-order valence-corrected chi connectivity index (χ3v) is 2.99. The van der Waals surface area contributed by atoms with Crippen LogP contribution in [0.25, 0.3) is 0 Å². The molecule has 4 nitrogen and oxygen atoms in total. The van der Waals surface area contributed by atoms with Gasteiger partial charge in [0.25, 0.3) is 0 Å². The summed E-state index contributed by atoms with van der Waals surface area (Å²) in [5.41, 5.74) is 1.79. The first-order valence-electron chi connectivity index (χ1n) is 5.08. The molecule has 0 amide bonds. The first-order chi connectivity index (χ1) is 7.75. The van der Waals surface area contributed by atoms with E-state index >= 15 is 0 Å². The summed E-state index contributed by atoms with van der Waals surface area (Å²) < 4.78 is 5.33. The van der Waals surface area contributed by atoms with Gasteiger partial charge in [-0.1, -0.05) is 0 Å². The number of aryl methyl sites for hydroxylation is 1. The Morgan fingerprint density at radius 3 is 3.06 bits per heavy atom. The Labute approximate surface area is 97.9 Å². The van der Waals surface area contributed by atoms with Gasteiger partial charge < -0.3 is 14.8 Å². The van der Waals surface area contributed by atoms with Crippen molar-refractivity contribution in [1.29, 1.82) is 0 Å². The maximum Gasteiger partial charge on any atom is 0.133 e. The van der Waals surface area contributed by atoms with Crippen molar-refractivity contribution in [2.45, 2.75) is 19.6 Å². The second-order valence-corrected chi connectivity index (χ2v) is 4.53. The third kappa shape index (κ3) is 2.91. The van der Waals surface area contributed by atoms with Crippen LogP contribution >= 0.6 is 11.3 Å². The van der Waals surface area contributed by atoms with E-state index in [9.17, 15) is 5.11 Å². The van der Waals surface area contributed by atoms with Crippen LogP contribution in [0.1, 0.15) is 22.5 Å². The van der Waals surface area contributed by atoms with E-state index in [0.29, 0.717) is 12.3 Å². The number of nitrogens with one attached hydrogen (secondary N) is 1. The summed E-state index contributed by atoms with van der Waals surface area (Å²) in [5, 5.41) is 12.9. The molecule has 0 aliphatic carbocycles. The van der Waals surface area contributed by atoms with Gasteiger partial charge in [-0.2, -0.15) is 0 Å². The van der Waals surface area contributed by atoms with Crippen molar-refractivity contribution in [2.75, 3.05) is 6.54 Å². The SMILES string of the molecule is Cc1ccc(C(O)CNCc2cncs2)o1. The Morgan fingerprint density at radius 1 is 1.56 bits per heavy atom. The summed E-state index contributed by atoms with van der Waals surface area (Å²) in [6.45, 7) is 3.06. The molecule has 0 aromatic carbocycles. The van der Waals surface area contributed by atoms with Gasteiger partial charge in [0.15, 0.2) is 0 Å². The fourth-order valence-electron chi connectivity index (χ4n) is 1.39. The molecule has 0 aliphatic heterocycles. The zero-order valence-electron chi connectivity index (χ0n) is 9.01. The predicted octanol–water partition coefficient (Wildman–Crippen LogP) is 1.87. The summed E-state index contributed by atoms with van der Waals surface area (Å²) in [7, 11) is 0. The minimum atomic E-state index is -0.596. The molecule has 0 spiro atoms. The fourth-order valence-corrected chi connectivity index (χ4v) is 1.96. The highest BCUT2D eigenvalue weighted by molar-refractivity contribution is 7.09. The van der Waals surface area contributed by atoms with Crippen molar-refractivity contribution in [3.8, 4) is 0 Å². The van der Waals surface area contributed by atoms with Gasteiger partial charge in [-0.05, 0) is 19.1 Å². The van der Waals surface area contributed by atoms with E-state index < -0.39 is 6.10 Å². The van der Waals surface area contributed by atoms with Crippen LogP contribution in [0.2, 0.25) is 0 Å². The molecular formula is C11H14N2O2S. The Bertz CT molecular complexity index is 425. The van der Waals surface area contributed by atoms with Crippen LogP contribution in [-0.2, 0) is 6.54 Å². The Hall–Kier alpha value is -1.17. The quantitative estimate of drug-likeness (QED) is 0.835. The predicted molar refractivity (Wildman–Crippen MR) is 62.2 cm³/mol. The minimum Gasteiger partial charge on any atom is -0.464 e. The van der Waals surface area contributed by atoms with E-state index in [1.807, 2.05) is 19.2 Å². The van der Waals surface area contributed by atoms with E-state index in [-0.39, 0.29) is 0 Å². The standard InChI is InChI=1S/C11H14N2O2S/c1-8-2-3-11(15-8)10(14)6-12-4-9-5-13-7-16-9/h2-3,5,7,10,12,14H,4,6H2,1H3. The number of aliphatic hydroxyl groups is 1.